The Bertz CT molecular complexity index is 449. The summed E-state index contributed by atoms with van der Waals surface area (Å²) in [6.07, 6.45) is -11.4. The Morgan fingerprint density at radius 1 is 1.11 bits per heavy atom. The molecule has 0 bridgehead atoms. The van der Waals surface area contributed by atoms with Crippen LogP contribution in [0.4, 0.5) is 26.3 Å². The smallest absolute Gasteiger partial charge is 0.292 e. The highest BCUT2D eigenvalue weighted by Gasteiger charge is 2.61. The number of thiophene rings is 1. The second-order valence-electron chi connectivity index (χ2n) is 3.11. The fourth-order valence-corrected chi connectivity index (χ4v) is 3.24. The molecule has 10 heteroatoms. The third-order valence-corrected chi connectivity index (χ3v) is 5.37. The van der Waals surface area contributed by atoms with Gasteiger partial charge in [0.1, 0.15) is 0 Å². The van der Waals surface area contributed by atoms with E-state index in [2.05, 4.69) is 31.9 Å². The van der Waals surface area contributed by atoms with E-state index in [4.69, 9.17) is 0 Å². The van der Waals surface area contributed by atoms with Crippen LogP contribution >= 0.6 is 43.2 Å². The Labute approximate surface area is 117 Å². The maximum absolute atomic E-state index is 12.3. The molecular formula is C8H2Br2F6OS. The molecule has 0 unspecified atom stereocenters. The van der Waals surface area contributed by atoms with E-state index in [1.165, 1.54) is 5.38 Å². The summed E-state index contributed by atoms with van der Waals surface area (Å²) >= 11 is 6.15. The molecular weight excluding hydrogens is 418 g/mol. The minimum absolute atomic E-state index is 0.115. The van der Waals surface area contributed by atoms with E-state index in [0.29, 0.717) is 11.3 Å². The summed E-state index contributed by atoms with van der Waals surface area (Å²) in [5, 5.41) is 1.22. The van der Waals surface area contributed by atoms with Crippen LogP contribution in [0.3, 0.4) is 0 Å². The van der Waals surface area contributed by atoms with E-state index < -0.39 is 28.9 Å². The molecule has 0 spiro atoms. The molecule has 1 nitrogen and oxygen atoms in total. The average molecular weight is 420 g/mol. The van der Waals surface area contributed by atoms with Gasteiger partial charge >= 0.3 is 12.4 Å². The van der Waals surface area contributed by atoms with Crippen molar-refractivity contribution in [2.24, 2.45) is 5.92 Å². The quantitative estimate of drug-likeness (QED) is 0.476. The lowest BCUT2D eigenvalue weighted by molar-refractivity contribution is -0.264. The van der Waals surface area contributed by atoms with Gasteiger partial charge in [-0.25, -0.2) is 0 Å². The molecule has 0 radical (unpaired) electrons. The average Bonchev–Trinajstić information content (AvgIpc) is 2.42. The van der Waals surface area contributed by atoms with Gasteiger partial charge in [-0.3, -0.25) is 4.79 Å². The first-order chi connectivity index (χ1) is 7.96. The van der Waals surface area contributed by atoms with E-state index in [9.17, 15) is 31.1 Å². The van der Waals surface area contributed by atoms with Gasteiger partial charge in [0.05, 0.1) is 9.35 Å². The molecule has 0 aromatic carbocycles. The van der Waals surface area contributed by atoms with Gasteiger partial charge in [-0.2, -0.15) is 26.3 Å². The zero-order chi connectivity index (χ0) is 14.3. The number of Topliss-reactive ketones (excluding diaryl/α,β-unsaturated/α-hetero) is 1. The predicted molar refractivity (Wildman–Crippen MR) is 59.6 cm³/mol. The van der Waals surface area contributed by atoms with E-state index in [1.807, 2.05) is 0 Å². The van der Waals surface area contributed by atoms with Gasteiger partial charge in [-0.1, -0.05) is 0 Å². The third-order valence-electron chi connectivity index (χ3n) is 1.83. The van der Waals surface area contributed by atoms with Crippen LogP contribution in [-0.4, -0.2) is 18.1 Å². The van der Waals surface area contributed by atoms with Gasteiger partial charge in [-0.05, 0) is 31.9 Å². The fourth-order valence-electron chi connectivity index (χ4n) is 1.10. The Kier molecular flexibility index (Phi) is 4.54. The summed E-state index contributed by atoms with van der Waals surface area (Å²) in [4.78, 5) is 10.8. The van der Waals surface area contributed by atoms with Crippen molar-refractivity contribution in [3.63, 3.8) is 0 Å². The van der Waals surface area contributed by atoms with Crippen LogP contribution in [0.25, 0.3) is 0 Å². The molecule has 0 saturated carbocycles. The maximum Gasteiger partial charge on any atom is 0.407 e. The van der Waals surface area contributed by atoms with Gasteiger partial charge in [0.2, 0.25) is 5.92 Å². The number of rotatable bonds is 2. The molecule has 1 aromatic heterocycles. The van der Waals surface area contributed by atoms with Crippen LogP contribution in [-0.2, 0) is 0 Å². The Hall–Kier alpha value is -0.0900. The first kappa shape index (κ1) is 16.0. The van der Waals surface area contributed by atoms with Crippen molar-refractivity contribution in [1.82, 2.24) is 0 Å². The first-order valence-corrected chi connectivity index (χ1v) is 6.53. The van der Waals surface area contributed by atoms with Gasteiger partial charge in [0.25, 0.3) is 0 Å². The number of hydrogen-bond donors (Lipinski definition) is 0. The lowest BCUT2D eigenvalue weighted by Crippen LogP contribution is -2.42. The highest BCUT2D eigenvalue weighted by atomic mass is 79.9. The van der Waals surface area contributed by atoms with E-state index >= 15 is 0 Å². The van der Waals surface area contributed by atoms with Crippen molar-refractivity contribution in [2.45, 2.75) is 12.4 Å². The molecule has 0 N–H and O–H groups in total. The van der Waals surface area contributed by atoms with Crippen molar-refractivity contribution in [3.8, 4) is 0 Å². The van der Waals surface area contributed by atoms with E-state index in [1.54, 1.807) is 0 Å². The molecule has 0 amide bonds. The van der Waals surface area contributed by atoms with E-state index in [0.717, 1.165) is 0 Å². The summed E-state index contributed by atoms with van der Waals surface area (Å²) in [6.45, 7) is 0. The van der Waals surface area contributed by atoms with Crippen molar-refractivity contribution in [1.29, 1.82) is 0 Å². The highest BCUT2D eigenvalue weighted by molar-refractivity contribution is 9.13. The molecule has 1 heterocycles. The zero-order valence-corrected chi connectivity index (χ0v) is 12.0. The van der Waals surface area contributed by atoms with Crippen LogP contribution in [0.15, 0.2) is 14.3 Å². The van der Waals surface area contributed by atoms with Crippen LogP contribution in [0, 0.1) is 5.92 Å². The van der Waals surface area contributed by atoms with Crippen molar-refractivity contribution >= 4 is 49.0 Å². The molecule has 0 aliphatic heterocycles. The standard InChI is InChI=1S/C8H2Br2F6OS/c9-2-1-18-5(3(2)10)4(17)6(7(11,12)13)8(14,15)16/h1,6H. The summed E-state index contributed by atoms with van der Waals surface area (Å²) < 4.78 is 74.1. The van der Waals surface area contributed by atoms with Gasteiger partial charge in [-0.15, -0.1) is 11.3 Å². The Morgan fingerprint density at radius 3 is 1.83 bits per heavy atom. The lowest BCUT2D eigenvalue weighted by Gasteiger charge is -2.21. The second-order valence-corrected chi connectivity index (χ2v) is 5.63. The van der Waals surface area contributed by atoms with Crippen LogP contribution in [0.5, 0.6) is 0 Å². The van der Waals surface area contributed by atoms with Gasteiger partial charge in [0.15, 0.2) is 5.78 Å². The third kappa shape index (κ3) is 3.27. The predicted octanol–water partition coefficient (Wildman–Crippen LogP) is 5.20. The normalized spacial score (nSPS) is 13.2. The molecule has 1 aromatic rings. The first-order valence-electron chi connectivity index (χ1n) is 4.06. The number of halogens is 8. The number of ketones is 1. The number of carbonyl (C=O) groups is 1. The molecule has 18 heavy (non-hydrogen) atoms. The highest BCUT2D eigenvalue weighted by Crippen LogP contribution is 2.44. The zero-order valence-electron chi connectivity index (χ0n) is 7.99. The fraction of sp³-hybridized carbons (Fsp3) is 0.375. The summed E-state index contributed by atoms with van der Waals surface area (Å²) in [5.74, 6) is -6.02. The molecule has 0 atom stereocenters. The molecule has 1 rings (SSSR count). The topological polar surface area (TPSA) is 17.1 Å². The van der Waals surface area contributed by atoms with Gasteiger partial charge in [0, 0.05) is 9.85 Å². The van der Waals surface area contributed by atoms with Crippen LogP contribution in [0.2, 0.25) is 0 Å². The molecule has 102 valence electrons. The summed E-state index contributed by atoms with van der Waals surface area (Å²) in [7, 11) is 0. The number of hydrogen-bond acceptors (Lipinski definition) is 2. The van der Waals surface area contributed by atoms with Crippen LogP contribution in [0.1, 0.15) is 9.67 Å². The molecule has 0 fully saturated rings. The molecule has 0 aliphatic carbocycles. The minimum atomic E-state index is -5.68. The number of carbonyl (C=O) groups excluding carboxylic acids is 1. The monoisotopic (exact) mass is 418 g/mol. The largest absolute Gasteiger partial charge is 0.407 e. The summed E-state index contributed by atoms with van der Waals surface area (Å²) in [6, 6.07) is 0. The SMILES string of the molecule is O=C(c1scc(Br)c1Br)C(C(F)(F)F)C(F)(F)F. The van der Waals surface area contributed by atoms with Crippen molar-refractivity contribution in [2.75, 3.05) is 0 Å². The summed E-state index contributed by atoms with van der Waals surface area (Å²) in [5.41, 5.74) is 0. The van der Waals surface area contributed by atoms with Crippen LogP contribution < -0.4 is 0 Å². The van der Waals surface area contributed by atoms with Crippen molar-refractivity contribution < 1.29 is 31.1 Å². The van der Waals surface area contributed by atoms with E-state index in [-0.39, 0.29) is 8.95 Å². The molecule has 0 saturated heterocycles. The molecule has 0 aliphatic rings. The maximum atomic E-state index is 12.3. The second kappa shape index (κ2) is 5.12. The Morgan fingerprint density at radius 2 is 1.56 bits per heavy atom. The lowest BCUT2D eigenvalue weighted by atomic mass is 10.0. The number of alkyl halides is 6. The Balaban J connectivity index is 3.25. The van der Waals surface area contributed by atoms with Crippen molar-refractivity contribution in [3.05, 3.63) is 19.2 Å². The minimum Gasteiger partial charge on any atom is -0.292 e. The van der Waals surface area contributed by atoms with Gasteiger partial charge < -0.3 is 0 Å².